The Bertz CT molecular complexity index is 1450. The monoisotopic (exact) mass is 523 g/mol. The average molecular weight is 524 g/mol. The van der Waals surface area contributed by atoms with E-state index in [1.165, 1.54) is 15.6 Å². The number of benzene rings is 2. The fourth-order valence-corrected chi connectivity index (χ4v) is 7.24. The Kier molecular flexibility index (Phi) is 6.72. The van der Waals surface area contributed by atoms with Crippen molar-refractivity contribution in [2.75, 3.05) is 18.0 Å². The number of sulfonamides is 1. The molecule has 5 rings (SSSR count). The Morgan fingerprint density at radius 2 is 1.86 bits per heavy atom. The van der Waals surface area contributed by atoms with Crippen LogP contribution < -0.4 is 4.90 Å². The molecular weight excluding hydrogens is 494 g/mol. The lowest BCUT2D eigenvalue weighted by Gasteiger charge is -2.33. The summed E-state index contributed by atoms with van der Waals surface area (Å²) in [6.07, 6.45) is 2.83. The van der Waals surface area contributed by atoms with Gasteiger partial charge in [0.25, 0.3) is 0 Å². The number of rotatable bonds is 6. The minimum absolute atomic E-state index is 0.135. The van der Waals surface area contributed by atoms with E-state index in [9.17, 15) is 13.2 Å². The topological polar surface area (TPSA) is 83.7 Å². The van der Waals surface area contributed by atoms with Crippen LogP contribution in [-0.4, -0.2) is 36.7 Å². The first-order valence-electron chi connectivity index (χ1n) is 12.0. The number of hydrogen-bond acceptors (Lipinski definition) is 6. The van der Waals surface area contributed by atoms with Gasteiger partial charge in [0.1, 0.15) is 5.76 Å². The number of amides is 1. The van der Waals surface area contributed by atoms with Crippen LogP contribution in [0.2, 0.25) is 0 Å². The summed E-state index contributed by atoms with van der Waals surface area (Å²) >= 11 is 1.49. The van der Waals surface area contributed by atoms with Crippen LogP contribution in [0.4, 0.5) is 5.13 Å². The van der Waals surface area contributed by atoms with Gasteiger partial charge in [0, 0.05) is 13.1 Å². The molecule has 188 valence electrons. The zero-order chi connectivity index (χ0) is 25.4. The van der Waals surface area contributed by atoms with Gasteiger partial charge in [-0.15, -0.1) is 0 Å². The summed E-state index contributed by atoms with van der Waals surface area (Å²) in [6, 6.07) is 14.6. The molecule has 1 unspecified atom stereocenters. The first kappa shape index (κ1) is 24.7. The zero-order valence-electron chi connectivity index (χ0n) is 20.6. The van der Waals surface area contributed by atoms with Crippen LogP contribution in [0, 0.1) is 26.7 Å². The minimum atomic E-state index is -3.69. The highest BCUT2D eigenvalue weighted by molar-refractivity contribution is 7.89. The van der Waals surface area contributed by atoms with Crippen molar-refractivity contribution in [3.8, 4) is 0 Å². The van der Waals surface area contributed by atoms with Gasteiger partial charge in [-0.3, -0.25) is 9.69 Å². The molecular formula is C27H29N3O4S2. The number of carbonyl (C=O) groups excluding carboxylic acids is 1. The predicted molar refractivity (Wildman–Crippen MR) is 142 cm³/mol. The van der Waals surface area contributed by atoms with Gasteiger partial charge in [-0.1, -0.05) is 41.2 Å². The molecule has 4 aromatic rings. The van der Waals surface area contributed by atoms with E-state index in [-0.39, 0.29) is 23.9 Å². The molecule has 3 heterocycles. The van der Waals surface area contributed by atoms with Gasteiger partial charge >= 0.3 is 0 Å². The number of anilines is 1. The fourth-order valence-electron chi connectivity index (χ4n) is 4.60. The van der Waals surface area contributed by atoms with Crippen LogP contribution in [0.3, 0.4) is 0 Å². The summed E-state index contributed by atoms with van der Waals surface area (Å²) in [6.45, 7) is 6.76. The summed E-state index contributed by atoms with van der Waals surface area (Å²) < 4.78 is 34.7. The number of piperidine rings is 1. The fraction of sp³-hybridized carbons (Fsp3) is 0.333. The molecule has 0 N–H and O–H groups in total. The number of thiazole rings is 1. The van der Waals surface area contributed by atoms with Crippen LogP contribution in [-0.2, 0) is 21.4 Å². The van der Waals surface area contributed by atoms with E-state index in [2.05, 4.69) is 6.07 Å². The summed E-state index contributed by atoms with van der Waals surface area (Å²) in [5.74, 6) is 0.0451. The van der Waals surface area contributed by atoms with Gasteiger partial charge in [-0.25, -0.2) is 13.4 Å². The number of aromatic nitrogens is 1. The molecule has 7 nitrogen and oxygen atoms in total. The molecule has 0 radical (unpaired) electrons. The number of aryl methyl sites for hydroxylation is 3. The van der Waals surface area contributed by atoms with E-state index in [4.69, 9.17) is 9.40 Å². The maximum absolute atomic E-state index is 14.0. The van der Waals surface area contributed by atoms with Gasteiger partial charge < -0.3 is 4.42 Å². The van der Waals surface area contributed by atoms with Gasteiger partial charge in [-0.05, 0) is 69.0 Å². The van der Waals surface area contributed by atoms with Crippen LogP contribution in [0.25, 0.3) is 10.2 Å². The van der Waals surface area contributed by atoms with Gasteiger partial charge in [-0.2, -0.15) is 4.31 Å². The highest BCUT2D eigenvalue weighted by Crippen LogP contribution is 2.35. The van der Waals surface area contributed by atoms with E-state index >= 15 is 0 Å². The molecule has 0 bridgehead atoms. The molecule has 2 aromatic heterocycles. The van der Waals surface area contributed by atoms with Crippen molar-refractivity contribution >= 4 is 42.6 Å². The molecule has 1 amide bonds. The van der Waals surface area contributed by atoms with E-state index in [1.54, 1.807) is 41.5 Å². The lowest BCUT2D eigenvalue weighted by atomic mass is 9.98. The Hall–Kier alpha value is -3.01. The number of hydrogen-bond donors (Lipinski definition) is 0. The van der Waals surface area contributed by atoms with Gasteiger partial charge in [0.2, 0.25) is 15.9 Å². The average Bonchev–Trinajstić information content (AvgIpc) is 3.56. The summed E-state index contributed by atoms with van der Waals surface area (Å²) in [5.41, 5.74) is 4.05. The largest absolute Gasteiger partial charge is 0.467 e. The molecule has 1 aliphatic heterocycles. The number of carbonyl (C=O) groups is 1. The van der Waals surface area contributed by atoms with Crippen LogP contribution >= 0.6 is 11.3 Å². The van der Waals surface area contributed by atoms with E-state index in [0.29, 0.717) is 30.3 Å². The summed E-state index contributed by atoms with van der Waals surface area (Å²) in [5, 5.41) is 0.599. The molecule has 2 aromatic carbocycles. The Morgan fingerprint density at radius 3 is 2.56 bits per heavy atom. The number of furan rings is 1. The summed E-state index contributed by atoms with van der Waals surface area (Å²) in [7, 11) is -3.69. The quantitative estimate of drug-likeness (QED) is 0.336. The van der Waals surface area contributed by atoms with Crippen molar-refractivity contribution in [2.45, 2.75) is 45.1 Å². The molecule has 0 aliphatic carbocycles. The van der Waals surface area contributed by atoms with Crippen LogP contribution in [0.1, 0.15) is 35.3 Å². The lowest BCUT2D eigenvalue weighted by molar-refractivity contribution is -0.123. The third-order valence-electron chi connectivity index (χ3n) is 6.71. The van der Waals surface area contributed by atoms with Gasteiger partial charge in [0.05, 0.1) is 33.8 Å². The molecule has 1 fully saturated rings. The number of nitrogens with zero attached hydrogens (tertiary/aromatic N) is 3. The van der Waals surface area contributed by atoms with Crippen molar-refractivity contribution in [3.05, 3.63) is 77.2 Å². The second-order valence-electron chi connectivity index (χ2n) is 9.39. The van der Waals surface area contributed by atoms with Crippen molar-refractivity contribution in [3.63, 3.8) is 0 Å². The third kappa shape index (κ3) is 4.70. The molecule has 1 aliphatic rings. The van der Waals surface area contributed by atoms with Crippen molar-refractivity contribution < 1.29 is 17.6 Å². The van der Waals surface area contributed by atoms with Gasteiger partial charge in [0.15, 0.2) is 5.13 Å². The van der Waals surface area contributed by atoms with Crippen LogP contribution in [0.15, 0.2) is 64.1 Å². The summed E-state index contributed by atoms with van der Waals surface area (Å²) in [4.78, 5) is 20.7. The standard InChI is InChI=1S/C27H29N3O4S2/c1-18-8-12-23(13-9-18)36(32,33)29-14-4-6-21(16-29)26(31)30(17-22-7-5-15-34-22)27-28-24-19(2)10-11-20(3)25(24)35-27/h5,7-13,15,21H,4,6,14,16-17H2,1-3H3. The SMILES string of the molecule is Cc1ccc(S(=O)(=O)N2CCCC(C(=O)N(Cc3ccco3)c3nc4c(C)ccc(C)c4s3)C2)cc1. The minimum Gasteiger partial charge on any atom is -0.467 e. The number of fused-ring (bicyclic) bond motifs is 1. The maximum atomic E-state index is 14.0. The van der Waals surface area contributed by atoms with Crippen molar-refractivity contribution in [1.29, 1.82) is 0 Å². The molecule has 9 heteroatoms. The smallest absolute Gasteiger partial charge is 0.243 e. The lowest BCUT2D eigenvalue weighted by Crippen LogP contribution is -2.46. The first-order chi connectivity index (χ1) is 17.2. The molecule has 0 saturated carbocycles. The highest BCUT2D eigenvalue weighted by Gasteiger charge is 2.36. The third-order valence-corrected chi connectivity index (χ3v) is 9.81. The Balaban J connectivity index is 1.46. The second kappa shape index (κ2) is 9.80. The first-order valence-corrected chi connectivity index (χ1v) is 14.3. The van der Waals surface area contributed by atoms with Crippen molar-refractivity contribution in [2.24, 2.45) is 5.92 Å². The predicted octanol–water partition coefficient (Wildman–Crippen LogP) is 5.45. The Morgan fingerprint density at radius 1 is 1.11 bits per heavy atom. The highest BCUT2D eigenvalue weighted by atomic mass is 32.2. The molecule has 36 heavy (non-hydrogen) atoms. The van der Waals surface area contributed by atoms with E-state index in [0.717, 1.165) is 26.9 Å². The normalized spacial score (nSPS) is 16.9. The van der Waals surface area contributed by atoms with E-state index in [1.807, 2.05) is 32.9 Å². The maximum Gasteiger partial charge on any atom is 0.243 e. The van der Waals surface area contributed by atoms with E-state index < -0.39 is 15.9 Å². The Labute approximate surface area is 215 Å². The molecule has 1 atom stereocenters. The second-order valence-corrected chi connectivity index (χ2v) is 12.3. The van der Waals surface area contributed by atoms with Crippen molar-refractivity contribution in [1.82, 2.24) is 9.29 Å². The molecule has 1 saturated heterocycles. The zero-order valence-corrected chi connectivity index (χ0v) is 22.2. The van der Waals surface area contributed by atoms with Crippen LogP contribution in [0.5, 0.6) is 0 Å². The molecule has 0 spiro atoms.